The van der Waals surface area contributed by atoms with Crippen LogP contribution in [0.1, 0.15) is 36.5 Å². The number of rotatable bonds is 5. The number of nitrogens with one attached hydrogen (secondary N) is 1. The average Bonchev–Trinajstić information content (AvgIpc) is 2.77. The summed E-state index contributed by atoms with van der Waals surface area (Å²) in [5.41, 5.74) is 3.64. The first-order chi connectivity index (χ1) is 14.2. The zero-order chi connectivity index (χ0) is 21.5. The van der Waals surface area contributed by atoms with E-state index < -0.39 is 10.0 Å². The van der Waals surface area contributed by atoms with Crippen molar-refractivity contribution in [1.82, 2.24) is 10.2 Å². The summed E-state index contributed by atoms with van der Waals surface area (Å²) in [5.74, 6) is 0.333. The van der Waals surface area contributed by atoms with Gasteiger partial charge in [-0.3, -0.25) is 0 Å². The molecule has 162 valence electrons. The molecular formula is C23H31N3O3S. The number of sulfonamides is 1. The molecule has 6 nitrogen and oxygen atoms in total. The zero-order valence-corrected chi connectivity index (χ0v) is 18.5. The Morgan fingerprint density at radius 3 is 2.67 bits per heavy atom. The van der Waals surface area contributed by atoms with Gasteiger partial charge in [0.25, 0.3) is 0 Å². The van der Waals surface area contributed by atoms with Crippen LogP contribution in [0.5, 0.6) is 5.75 Å². The minimum absolute atomic E-state index is 0.0424. The molecule has 30 heavy (non-hydrogen) atoms. The number of nitrogens with zero attached hydrogens (tertiary/aromatic N) is 1. The van der Waals surface area contributed by atoms with E-state index in [0.717, 1.165) is 44.3 Å². The van der Waals surface area contributed by atoms with Crippen molar-refractivity contribution in [2.45, 2.75) is 55.0 Å². The summed E-state index contributed by atoms with van der Waals surface area (Å²) < 4.78 is 22.9. The van der Waals surface area contributed by atoms with Crippen molar-refractivity contribution in [2.75, 3.05) is 20.1 Å². The SMILES string of the molecule is CN1CCCC2(C)c3cc(O)ccc3CC1C2NCCc1ccc(S(N)(=O)=O)cc1. The zero-order valence-electron chi connectivity index (χ0n) is 17.6. The molecule has 0 spiro atoms. The number of nitrogens with two attached hydrogens (primary N) is 1. The summed E-state index contributed by atoms with van der Waals surface area (Å²) in [6, 6.07) is 13.3. The van der Waals surface area contributed by atoms with E-state index in [-0.39, 0.29) is 16.4 Å². The second kappa shape index (κ2) is 7.96. The van der Waals surface area contributed by atoms with Gasteiger partial charge in [-0.1, -0.05) is 25.1 Å². The molecular weight excluding hydrogens is 398 g/mol. The summed E-state index contributed by atoms with van der Waals surface area (Å²) in [6.45, 7) is 4.20. The lowest BCUT2D eigenvalue weighted by molar-refractivity contribution is 0.157. The third kappa shape index (κ3) is 3.99. The highest BCUT2D eigenvalue weighted by Gasteiger charge is 2.47. The third-order valence-corrected chi connectivity index (χ3v) is 7.94. The molecule has 3 atom stereocenters. The smallest absolute Gasteiger partial charge is 0.238 e. The van der Waals surface area contributed by atoms with Crippen LogP contribution in [0.15, 0.2) is 47.4 Å². The maximum Gasteiger partial charge on any atom is 0.238 e. The van der Waals surface area contributed by atoms with Crippen LogP contribution in [0.25, 0.3) is 0 Å². The van der Waals surface area contributed by atoms with Crippen LogP contribution in [-0.2, 0) is 28.3 Å². The Bertz CT molecular complexity index is 1020. The fraction of sp³-hybridized carbons (Fsp3) is 0.478. The lowest BCUT2D eigenvalue weighted by atomic mass is 9.64. The molecule has 2 aliphatic rings. The molecule has 0 radical (unpaired) electrons. The van der Waals surface area contributed by atoms with E-state index in [1.165, 1.54) is 11.1 Å². The maximum atomic E-state index is 11.4. The summed E-state index contributed by atoms with van der Waals surface area (Å²) in [7, 11) is -1.45. The van der Waals surface area contributed by atoms with Gasteiger partial charge in [0.05, 0.1) is 4.90 Å². The monoisotopic (exact) mass is 429 g/mol. The second-order valence-electron chi connectivity index (χ2n) is 8.99. The van der Waals surface area contributed by atoms with Gasteiger partial charge in [-0.25, -0.2) is 13.6 Å². The summed E-state index contributed by atoms with van der Waals surface area (Å²) in [4.78, 5) is 2.61. The quantitative estimate of drug-likeness (QED) is 0.677. The number of aromatic hydroxyl groups is 1. The first kappa shape index (κ1) is 21.3. The molecule has 2 aromatic carbocycles. The Morgan fingerprint density at radius 1 is 1.23 bits per heavy atom. The van der Waals surface area contributed by atoms with E-state index in [4.69, 9.17) is 5.14 Å². The average molecular weight is 430 g/mol. The van der Waals surface area contributed by atoms with Crippen molar-refractivity contribution in [3.05, 3.63) is 59.2 Å². The van der Waals surface area contributed by atoms with Gasteiger partial charge in [0.2, 0.25) is 10.0 Å². The molecule has 1 heterocycles. The Hall–Kier alpha value is -1.93. The largest absolute Gasteiger partial charge is 0.508 e. The fourth-order valence-electron chi connectivity index (χ4n) is 5.35. The van der Waals surface area contributed by atoms with E-state index in [1.807, 2.05) is 18.2 Å². The summed E-state index contributed by atoms with van der Waals surface area (Å²) in [6.07, 6.45) is 3.99. The molecule has 1 aliphatic carbocycles. The number of likely N-dealkylation sites (tertiary alicyclic amines) is 1. The molecule has 3 unspecified atom stereocenters. The first-order valence-corrected chi connectivity index (χ1v) is 12.1. The Balaban J connectivity index is 1.54. The molecule has 2 bridgehead atoms. The van der Waals surface area contributed by atoms with E-state index in [0.29, 0.717) is 11.8 Å². The lowest BCUT2D eigenvalue weighted by Gasteiger charge is -2.48. The predicted octanol–water partition coefficient (Wildman–Crippen LogP) is 2.15. The molecule has 1 aliphatic heterocycles. The molecule has 1 fully saturated rings. The molecule has 0 aromatic heterocycles. The van der Waals surface area contributed by atoms with Crippen LogP contribution < -0.4 is 10.5 Å². The van der Waals surface area contributed by atoms with Gasteiger partial charge in [-0.2, -0.15) is 0 Å². The molecule has 0 amide bonds. The highest BCUT2D eigenvalue weighted by atomic mass is 32.2. The van der Waals surface area contributed by atoms with Crippen molar-refractivity contribution in [3.8, 4) is 5.75 Å². The second-order valence-corrected chi connectivity index (χ2v) is 10.5. The van der Waals surface area contributed by atoms with Crippen LogP contribution in [0.4, 0.5) is 0 Å². The number of phenols is 1. The van der Waals surface area contributed by atoms with Crippen LogP contribution >= 0.6 is 0 Å². The number of primary sulfonamides is 1. The highest BCUT2D eigenvalue weighted by molar-refractivity contribution is 7.89. The Kier molecular flexibility index (Phi) is 5.66. The fourth-order valence-corrected chi connectivity index (χ4v) is 5.87. The first-order valence-electron chi connectivity index (χ1n) is 10.6. The standard InChI is InChI=1S/C23H31N3O3S/c1-23-11-3-13-26(2)21(14-17-6-7-18(27)15-20(17)23)22(23)25-12-10-16-4-8-19(9-5-16)30(24,28)29/h4-9,15,21-22,25,27H,3,10-14H2,1-2H3,(H2,24,28,29). The molecule has 4 N–H and O–H groups in total. The third-order valence-electron chi connectivity index (χ3n) is 7.01. The minimum atomic E-state index is -3.66. The van der Waals surface area contributed by atoms with Gasteiger partial charge in [0, 0.05) is 17.5 Å². The van der Waals surface area contributed by atoms with Gasteiger partial charge in [0.1, 0.15) is 5.75 Å². The Labute approximate surface area is 179 Å². The topological polar surface area (TPSA) is 95.7 Å². The van der Waals surface area contributed by atoms with Crippen molar-refractivity contribution < 1.29 is 13.5 Å². The van der Waals surface area contributed by atoms with Gasteiger partial charge in [-0.05, 0) is 86.8 Å². The highest BCUT2D eigenvalue weighted by Crippen LogP contribution is 2.45. The number of phenolic OH excluding ortho intramolecular Hbond substituents is 1. The van der Waals surface area contributed by atoms with E-state index in [2.05, 4.69) is 30.3 Å². The number of hydrogen-bond acceptors (Lipinski definition) is 5. The minimum Gasteiger partial charge on any atom is -0.508 e. The lowest BCUT2D eigenvalue weighted by Crippen LogP contribution is -2.60. The number of hydrogen-bond donors (Lipinski definition) is 3. The molecule has 2 aromatic rings. The molecule has 7 heteroatoms. The van der Waals surface area contributed by atoms with E-state index >= 15 is 0 Å². The van der Waals surface area contributed by atoms with Gasteiger partial charge in [0.15, 0.2) is 0 Å². The van der Waals surface area contributed by atoms with Gasteiger partial charge < -0.3 is 15.3 Å². The van der Waals surface area contributed by atoms with E-state index in [1.54, 1.807) is 18.2 Å². The van der Waals surface area contributed by atoms with Crippen LogP contribution in [0, 0.1) is 0 Å². The number of fused-ring (bicyclic) bond motifs is 4. The van der Waals surface area contributed by atoms with Crippen molar-refractivity contribution in [1.29, 1.82) is 0 Å². The summed E-state index contributed by atoms with van der Waals surface area (Å²) in [5, 5.41) is 19.1. The predicted molar refractivity (Wildman–Crippen MR) is 118 cm³/mol. The van der Waals surface area contributed by atoms with Crippen molar-refractivity contribution in [3.63, 3.8) is 0 Å². The molecule has 4 rings (SSSR count). The van der Waals surface area contributed by atoms with Crippen molar-refractivity contribution in [2.24, 2.45) is 5.14 Å². The summed E-state index contributed by atoms with van der Waals surface area (Å²) >= 11 is 0. The van der Waals surface area contributed by atoms with Crippen LogP contribution in [0.3, 0.4) is 0 Å². The normalized spacial score (nSPS) is 26.8. The number of likely N-dealkylation sites (N-methyl/N-ethyl adjacent to an activating group) is 1. The molecule has 1 saturated heterocycles. The van der Waals surface area contributed by atoms with Crippen molar-refractivity contribution >= 4 is 10.0 Å². The van der Waals surface area contributed by atoms with Gasteiger partial charge in [-0.15, -0.1) is 0 Å². The number of benzene rings is 2. The van der Waals surface area contributed by atoms with Crippen LogP contribution in [-0.4, -0.2) is 50.6 Å². The van der Waals surface area contributed by atoms with Gasteiger partial charge >= 0.3 is 0 Å². The van der Waals surface area contributed by atoms with Crippen LogP contribution in [0.2, 0.25) is 0 Å². The van der Waals surface area contributed by atoms with E-state index in [9.17, 15) is 13.5 Å². The maximum absolute atomic E-state index is 11.4. The Morgan fingerprint density at radius 2 is 1.97 bits per heavy atom. The molecule has 0 saturated carbocycles.